The minimum atomic E-state index is -0.0689. The maximum absolute atomic E-state index is 12.8. The molecule has 0 aliphatic carbocycles. The van der Waals surface area contributed by atoms with Crippen LogP contribution in [0.5, 0.6) is 0 Å². The predicted octanol–water partition coefficient (Wildman–Crippen LogP) is 6.38. The van der Waals surface area contributed by atoms with E-state index in [1.807, 2.05) is 5.38 Å². The summed E-state index contributed by atoms with van der Waals surface area (Å²) < 4.78 is 0. The van der Waals surface area contributed by atoms with Crippen LogP contribution in [-0.2, 0) is 5.75 Å². The van der Waals surface area contributed by atoms with Gasteiger partial charge in [0.05, 0.1) is 5.39 Å². The Kier molecular flexibility index (Phi) is 5.38. The fourth-order valence-corrected chi connectivity index (χ4v) is 4.92. The molecule has 0 fully saturated rings. The van der Waals surface area contributed by atoms with Crippen molar-refractivity contribution in [3.63, 3.8) is 0 Å². The number of thiophene rings is 1. The lowest BCUT2D eigenvalue weighted by Crippen LogP contribution is -2.08. The van der Waals surface area contributed by atoms with Gasteiger partial charge in [-0.1, -0.05) is 79.7 Å². The van der Waals surface area contributed by atoms with E-state index in [1.165, 1.54) is 28.0 Å². The molecule has 0 unspecified atom stereocenters. The Labute approximate surface area is 172 Å². The number of H-pyrrole nitrogens is 1. The molecular weight excluding hydrogens is 384 g/mol. The van der Waals surface area contributed by atoms with Crippen LogP contribution >= 0.6 is 23.1 Å². The molecule has 28 heavy (non-hydrogen) atoms. The first-order valence-electron chi connectivity index (χ1n) is 9.31. The van der Waals surface area contributed by atoms with E-state index < -0.39 is 0 Å². The summed E-state index contributed by atoms with van der Waals surface area (Å²) in [6.07, 6.45) is 0. The van der Waals surface area contributed by atoms with Gasteiger partial charge >= 0.3 is 0 Å². The van der Waals surface area contributed by atoms with Crippen LogP contribution in [0.25, 0.3) is 21.3 Å². The third-order valence-corrected chi connectivity index (χ3v) is 6.62. The molecule has 4 rings (SSSR count). The molecule has 0 bridgehead atoms. The maximum Gasteiger partial charge on any atom is 0.260 e. The molecule has 0 amide bonds. The minimum absolute atomic E-state index is 0.0689. The quantitative estimate of drug-likeness (QED) is 0.309. The summed E-state index contributed by atoms with van der Waals surface area (Å²) >= 11 is 3.09. The number of hydrogen-bond acceptors (Lipinski definition) is 4. The van der Waals surface area contributed by atoms with Crippen molar-refractivity contribution in [1.29, 1.82) is 0 Å². The second kappa shape index (κ2) is 7.94. The number of nitrogens with one attached hydrogen (secondary N) is 1. The topological polar surface area (TPSA) is 45.8 Å². The van der Waals surface area contributed by atoms with Crippen molar-refractivity contribution >= 4 is 33.3 Å². The van der Waals surface area contributed by atoms with E-state index in [0.29, 0.717) is 16.5 Å². The van der Waals surface area contributed by atoms with Crippen molar-refractivity contribution in [2.24, 2.45) is 0 Å². The number of aromatic nitrogens is 2. The van der Waals surface area contributed by atoms with Gasteiger partial charge in [-0.15, -0.1) is 11.3 Å². The van der Waals surface area contributed by atoms with Crippen LogP contribution in [0, 0.1) is 6.92 Å². The standard InChI is InChI=1S/C23H22N2OS2/c1-14(2)17-8-10-18(11-9-17)19-13-27-22-20(19)21(26)24-23(25-22)28-12-16-6-4-15(3)5-7-16/h4-11,13-14H,12H2,1-3H3,(H,24,25,26). The molecule has 4 aromatic rings. The van der Waals surface area contributed by atoms with Crippen molar-refractivity contribution in [3.8, 4) is 11.1 Å². The summed E-state index contributed by atoms with van der Waals surface area (Å²) in [5.41, 5.74) is 5.71. The lowest BCUT2D eigenvalue weighted by molar-refractivity contribution is 0.867. The molecule has 0 saturated carbocycles. The first kappa shape index (κ1) is 19.0. The van der Waals surface area contributed by atoms with Gasteiger partial charge in [-0.25, -0.2) is 4.98 Å². The Balaban J connectivity index is 1.62. The second-order valence-corrected chi connectivity index (χ2v) is 9.07. The van der Waals surface area contributed by atoms with Crippen molar-refractivity contribution < 1.29 is 0 Å². The molecule has 1 N–H and O–H groups in total. The second-order valence-electron chi connectivity index (χ2n) is 7.25. The smallest absolute Gasteiger partial charge is 0.260 e. The number of benzene rings is 2. The van der Waals surface area contributed by atoms with Crippen LogP contribution < -0.4 is 5.56 Å². The Morgan fingerprint density at radius 2 is 1.79 bits per heavy atom. The average Bonchev–Trinajstić information content (AvgIpc) is 3.12. The highest BCUT2D eigenvalue weighted by atomic mass is 32.2. The normalized spacial score (nSPS) is 11.4. The first-order valence-corrected chi connectivity index (χ1v) is 11.2. The van der Waals surface area contributed by atoms with Gasteiger partial charge in [0.1, 0.15) is 4.83 Å². The average molecular weight is 407 g/mol. The van der Waals surface area contributed by atoms with E-state index >= 15 is 0 Å². The highest BCUT2D eigenvalue weighted by Gasteiger charge is 2.13. The van der Waals surface area contributed by atoms with E-state index in [4.69, 9.17) is 0 Å². The van der Waals surface area contributed by atoms with Crippen molar-refractivity contribution in [2.45, 2.75) is 37.6 Å². The van der Waals surface area contributed by atoms with Gasteiger partial charge < -0.3 is 4.98 Å². The summed E-state index contributed by atoms with van der Waals surface area (Å²) in [4.78, 5) is 21.2. The number of thioether (sulfide) groups is 1. The van der Waals surface area contributed by atoms with Gasteiger partial charge in [-0.3, -0.25) is 4.79 Å². The molecule has 142 valence electrons. The van der Waals surface area contributed by atoms with Gasteiger partial charge in [0.25, 0.3) is 5.56 Å². The van der Waals surface area contributed by atoms with Gasteiger partial charge in [0.15, 0.2) is 5.16 Å². The van der Waals surface area contributed by atoms with E-state index in [-0.39, 0.29) is 5.56 Å². The number of nitrogens with zero attached hydrogens (tertiary/aromatic N) is 1. The predicted molar refractivity (Wildman–Crippen MR) is 121 cm³/mol. The van der Waals surface area contributed by atoms with Crippen molar-refractivity contribution in [2.75, 3.05) is 0 Å². The Hall–Kier alpha value is -2.37. The fourth-order valence-electron chi connectivity index (χ4n) is 3.09. The number of rotatable bonds is 5. The molecule has 0 atom stereocenters. The molecule has 2 heterocycles. The van der Waals surface area contributed by atoms with Crippen molar-refractivity contribution in [1.82, 2.24) is 9.97 Å². The highest BCUT2D eigenvalue weighted by molar-refractivity contribution is 7.98. The molecular formula is C23H22N2OS2. The molecule has 5 heteroatoms. The van der Waals surface area contributed by atoms with E-state index in [2.05, 4.69) is 79.3 Å². The van der Waals surface area contributed by atoms with Gasteiger partial charge in [-0.2, -0.15) is 0 Å². The van der Waals surface area contributed by atoms with Gasteiger partial charge in [0, 0.05) is 16.7 Å². The summed E-state index contributed by atoms with van der Waals surface area (Å²) in [6, 6.07) is 16.9. The Morgan fingerprint density at radius 1 is 1.07 bits per heavy atom. The van der Waals surface area contributed by atoms with Crippen LogP contribution in [0.2, 0.25) is 0 Å². The van der Waals surface area contributed by atoms with E-state index in [9.17, 15) is 4.79 Å². The monoisotopic (exact) mass is 406 g/mol. The Bertz CT molecular complexity index is 1160. The zero-order valence-electron chi connectivity index (χ0n) is 16.2. The SMILES string of the molecule is Cc1ccc(CSc2nc3scc(-c4ccc(C(C)C)cc4)c3c(=O)[nH]2)cc1. The van der Waals surface area contributed by atoms with Gasteiger partial charge in [-0.05, 0) is 29.5 Å². The molecule has 0 aliphatic heterocycles. The third kappa shape index (κ3) is 3.91. The van der Waals surface area contributed by atoms with Crippen molar-refractivity contribution in [3.05, 3.63) is 81.0 Å². The first-order chi connectivity index (χ1) is 13.5. The van der Waals surface area contributed by atoms with E-state index in [1.54, 1.807) is 11.8 Å². The molecule has 2 aromatic carbocycles. The van der Waals surface area contributed by atoms with Crippen LogP contribution in [0.3, 0.4) is 0 Å². The highest BCUT2D eigenvalue weighted by Crippen LogP contribution is 2.32. The molecule has 0 radical (unpaired) electrons. The third-order valence-electron chi connectivity index (χ3n) is 4.81. The number of aryl methyl sites for hydroxylation is 1. The molecule has 3 nitrogen and oxygen atoms in total. The zero-order valence-corrected chi connectivity index (χ0v) is 17.8. The fraction of sp³-hybridized carbons (Fsp3) is 0.217. The maximum atomic E-state index is 12.8. The molecule has 2 aromatic heterocycles. The molecule has 0 spiro atoms. The van der Waals surface area contributed by atoms with Crippen LogP contribution in [-0.4, -0.2) is 9.97 Å². The Morgan fingerprint density at radius 3 is 2.46 bits per heavy atom. The lowest BCUT2D eigenvalue weighted by Gasteiger charge is -2.06. The minimum Gasteiger partial charge on any atom is -0.301 e. The van der Waals surface area contributed by atoms with Crippen LogP contribution in [0.15, 0.2) is 63.9 Å². The lowest BCUT2D eigenvalue weighted by atomic mass is 9.99. The number of hydrogen-bond donors (Lipinski definition) is 1. The van der Waals surface area contributed by atoms with Crippen LogP contribution in [0.1, 0.15) is 36.5 Å². The summed E-state index contributed by atoms with van der Waals surface area (Å²) in [5, 5.41) is 3.38. The van der Waals surface area contributed by atoms with Crippen LogP contribution in [0.4, 0.5) is 0 Å². The number of fused-ring (bicyclic) bond motifs is 1. The molecule has 0 saturated heterocycles. The number of aromatic amines is 1. The van der Waals surface area contributed by atoms with Gasteiger partial charge in [0.2, 0.25) is 0 Å². The summed E-state index contributed by atoms with van der Waals surface area (Å²) in [5.74, 6) is 1.27. The summed E-state index contributed by atoms with van der Waals surface area (Å²) in [6.45, 7) is 6.44. The largest absolute Gasteiger partial charge is 0.301 e. The molecule has 0 aliphatic rings. The van der Waals surface area contributed by atoms with E-state index in [0.717, 1.165) is 21.7 Å². The summed E-state index contributed by atoms with van der Waals surface area (Å²) in [7, 11) is 0. The zero-order chi connectivity index (χ0) is 19.7.